The van der Waals surface area contributed by atoms with Gasteiger partial charge in [-0.1, -0.05) is 25.5 Å². The fourth-order valence-electron chi connectivity index (χ4n) is 3.35. The van der Waals surface area contributed by atoms with E-state index in [4.69, 9.17) is 0 Å². The van der Waals surface area contributed by atoms with Crippen LogP contribution in [0.25, 0.3) is 0 Å². The van der Waals surface area contributed by atoms with Gasteiger partial charge in [0, 0.05) is 49.3 Å². The molecule has 1 saturated carbocycles. The fraction of sp³-hybridized carbons (Fsp3) is 0.600. The summed E-state index contributed by atoms with van der Waals surface area (Å²) in [6, 6.07) is 8.10. The van der Waals surface area contributed by atoms with E-state index in [-0.39, 0.29) is 11.8 Å². The van der Waals surface area contributed by atoms with Gasteiger partial charge in [-0.3, -0.25) is 9.79 Å². The molecule has 1 aliphatic carbocycles. The van der Waals surface area contributed by atoms with Crippen LogP contribution in [0.15, 0.2) is 29.3 Å². The lowest BCUT2D eigenvalue weighted by Crippen LogP contribution is -2.47. The van der Waals surface area contributed by atoms with E-state index < -0.39 is 0 Å². The second-order valence-corrected chi connectivity index (χ2v) is 8.47. The summed E-state index contributed by atoms with van der Waals surface area (Å²) >= 11 is 2.06. The van der Waals surface area contributed by atoms with Crippen LogP contribution in [-0.4, -0.2) is 47.9 Å². The maximum absolute atomic E-state index is 12.1. The molecule has 142 valence electrons. The Bertz CT molecular complexity index is 644. The molecule has 0 radical (unpaired) electrons. The molecule has 1 heterocycles. The highest BCUT2D eigenvalue weighted by Gasteiger charge is 2.25. The summed E-state index contributed by atoms with van der Waals surface area (Å²) in [4.78, 5) is 18.9. The first kappa shape index (κ1) is 19.1. The molecule has 2 N–H and O–H groups in total. The van der Waals surface area contributed by atoms with Crippen molar-refractivity contribution in [2.24, 2.45) is 10.9 Å². The number of benzene rings is 1. The van der Waals surface area contributed by atoms with Gasteiger partial charge in [-0.05, 0) is 37.0 Å². The first-order valence-electron chi connectivity index (χ1n) is 9.66. The molecule has 1 unspecified atom stereocenters. The van der Waals surface area contributed by atoms with Gasteiger partial charge in [0.05, 0.1) is 0 Å². The van der Waals surface area contributed by atoms with E-state index in [9.17, 15) is 4.79 Å². The van der Waals surface area contributed by atoms with E-state index in [0.29, 0.717) is 11.8 Å². The molecule has 1 aliphatic heterocycles. The number of aliphatic imine (C=N–C) groups is 1. The van der Waals surface area contributed by atoms with Crippen LogP contribution in [-0.2, 0) is 11.3 Å². The topological polar surface area (TPSA) is 56.7 Å². The van der Waals surface area contributed by atoms with Crippen LogP contribution in [0.1, 0.15) is 38.2 Å². The van der Waals surface area contributed by atoms with Crippen molar-refractivity contribution in [2.75, 3.05) is 31.2 Å². The number of nitrogens with zero attached hydrogens (tertiary/aromatic N) is 2. The molecule has 0 bridgehead atoms. The number of guanidine groups is 1. The standard InChI is InChI=1S/C20H30N4OS/c1-3-18-14-24(10-11-26-18)20(21-2)22-13-15-6-4-9-17(12-15)23-19(25)16-7-5-8-16/h4,6,9,12,16,18H,3,5,7-8,10-11,13-14H2,1-2H3,(H,21,22)(H,23,25). The highest BCUT2D eigenvalue weighted by Crippen LogP contribution is 2.27. The normalized spacial score (nSPS) is 21.2. The Labute approximate surface area is 161 Å². The zero-order chi connectivity index (χ0) is 18.4. The smallest absolute Gasteiger partial charge is 0.227 e. The molecule has 3 rings (SSSR count). The number of nitrogens with one attached hydrogen (secondary N) is 2. The van der Waals surface area contributed by atoms with E-state index >= 15 is 0 Å². The van der Waals surface area contributed by atoms with Gasteiger partial charge in [-0.2, -0.15) is 11.8 Å². The predicted molar refractivity (Wildman–Crippen MR) is 111 cm³/mol. The molecule has 1 amide bonds. The molecule has 0 aromatic heterocycles. The molecule has 2 aliphatic rings. The maximum Gasteiger partial charge on any atom is 0.227 e. The van der Waals surface area contributed by atoms with Gasteiger partial charge >= 0.3 is 0 Å². The van der Waals surface area contributed by atoms with Crippen LogP contribution in [0.2, 0.25) is 0 Å². The molecule has 2 fully saturated rings. The van der Waals surface area contributed by atoms with Gasteiger partial charge < -0.3 is 15.5 Å². The Morgan fingerprint density at radius 3 is 2.92 bits per heavy atom. The van der Waals surface area contributed by atoms with Gasteiger partial charge in [0.2, 0.25) is 5.91 Å². The monoisotopic (exact) mass is 374 g/mol. The van der Waals surface area contributed by atoms with Crippen molar-refractivity contribution < 1.29 is 4.79 Å². The van der Waals surface area contributed by atoms with E-state index in [0.717, 1.165) is 48.9 Å². The van der Waals surface area contributed by atoms with Crippen LogP contribution in [0, 0.1) is 5.92 Å². The summed E-state index contributed by atoms with van der Waals surface area (Å²) in [5, 5.41) is 7.22. The van der Waals surface area contributed by atoms with E-state index in [1.165, 1.54) is 12.8 Å². The van der Waals surface area contributed by atoms with Gasteiger partial charge in [0.1, 0.15) is 0 Å². The lowest BCUT2D eigenvalue weighted by atomic mass is 9.85. The third kappa shape index (κ3) is 4.93. The minimum atomic E-state index is 0.161. The summed E-state index contributed by atoms with van der Waals surface area (Å²) in [5.41, 5.74) is 2.03. The number of anilines is 1. The third-order valence-electron chi connectivity index (χ3n) is 5.23. The second-order valence-electron chi connectivity index (χ2n) is 7.07. The molecule has 1 saturated heterocycles. The van der Waals surface area contributed by atoms with Crippen molar-refractivity contribution in [3.05, 3.63) is 29.8 Å². The summed E-state index contributed by atoms with van der Waals surface area (Å²) < 4.78 is 0. The van der Waals surface area contributed by atoms with Gasteiger partial charge in [-0.25, -0.2) is 0 Å². The third-order valence-corrected chi connectivity index (χ3v) is 6.60. The fourth-order valence-corrected chi connectivity index (χ4v) is 4.53. The molecule has 1 aromatic carbocycles. The average Bonchev–Trinajstić information content (AvgIpc) is 2.61. The van der Waals surface area contributed by atoms with E-state index in [1.807, 2.05) is 19.2 Å². The first-order chi connectivity index (χ1) is 12.7. The number of hydrogen-bond acceptors (Lipinski definition) is 3. The van der Waals surface area contributed by atoms with Crippen molar-refractivity contribution in [1.29, 1.82) is 0 Å². The number of hydrogen-bond donors (Lipinski definition) is 2. The molecule has 6 heteroatoms. The molecular weight excluding hydrogens is 344 g/mol. The number of thioether (sulfide) groups is 1. The molecule has 1 aromatic rings. The van der Waals surface area contributed by atoms with Crippen molar-refractivity contribution in [3.8, 4) is 0 Å². The quantitative estimate of drug-likeness (QED) is 0.613. The summed E-state index contributed by atoms with van der Waals surface area (Å²) in [7, 11) is 1.85. The van der Waals surface area contributed by atoms with Crippen LogP contribution < -0.4 is 10.6 Å². The minimum Gasteiger partial charge on any atom is -0.352 e. The van der Waals surface area contributed by atoms with Crippen LogP contribution in [0.3, 0.4) is 0 Å². The highest BCUT2D eigenvalue weighted by atomic mass is 32.2. The maximum atomic E-state index is 12.1. The summed E-state index contributed by atoms with van der Waals surface area (Å²) in [6.07, 6.45) is 4.42. The Kier molecular flexibility index (Phi) is 6.83. The zero-order valence-electron chi connectivity index (χ0n) is 15.8. The molecule has 1 atom stereocenters. The number of carbonyl (C=O) groups excluding carboxylic acids is 1. The lowest BCUT2D eigenvalue weighted by molar-refractivity contribution is -0.122. The van der Waals surface area contributed by atoms with Crippen molar-refractivity contribution in [2.45, 2.75) is 44.4 Å². The summed E-state index contributed by atoms with van der Waals surface area (Å²) in [6.45, 7) is 5.05. The Hall–Kier alpha value is -1.69. The highest BCUT2D eigenvalue weighted by molar-refractivity contribution is 8.00. The Morgan fingerprint density at radius 1 is 1.38 bits per heavy atom. The van der Waals surface area contributed by atoms with Crippen LogP contribution in [0.5, 0.6) is 0 Å². The van der Waals surface area contributed by atoms with Crippen LogP contribution in [0.4, 0.5) is 5.69 Å². The van der Waals surface area contributed by atoms with Crippen LogP contribution >= 0.6 is 11.8 Å². The van der Waals surface area contributed by atoms with Gasteiger partial charge in [0.25, 0.3) is 0 Å². The van der Waals surface area contributed by atoms with Crippen molar-refractivity contribution >= 4 is 29.3 Å². The second kappa shape index (κ2) is 9.31. The predicted octanol–water partition coefficient (Wildman–Crippen LogP) is 3.33. The average molecular weight is 375 g/mol. The van der Waals surface area contributed by atoms with E-state index in [1.54, 1.807) is 0 Å². The Balaban J connectivity index is 1.54. The number of amides is 1. The minimum absolute atomic E-state index is 0.161. The van der Waals surface area contributed by atoms with Gasteiger partial charge in [-0.15, -0.1) is 0 Å². The number of carbonyl (C=O) groups is 1. The lowest BCUT2D eigenvalue weighted by Gasteiger charge is -2.34. The van der Waals surface area contributed by atoms with Crippen molar-refractivity contribution in [3.63, 3.8) is 0 Å². The molecular formula is C20H30N4OS. The van der Waals surface area contributed by atoms with E-state index in [2.05, 4.69) is 51.3 Å². The SMILES string of the molecule is CCC1CN(C(=NC)NCc2cccc(NC(=O)C3CCC3)c2)CCS1. The first-order valence-corrected chi connectivity index (χ1v) is 10.7. The zero-order valence-corrected chi connectivity index (χ0v) is 16.6. The number of rotatable bonds is 5. The molecule has 26 heavy (non-hydrogen) atoms. The van der Waals surface area contributed by atoms with Crippen molar-refractivity contribution in [1.82, 2.24) is 10.2 Å². The largest absolute Gasteiger partial charge is 0.352 e. The Morgan fingerprint density at radius 2 is 2.23 bits per heavy atom. The van der Waals surface area contributed by atoms with Gasteiger partial charge in [0.15, 0.2) is 5.96 Å². The molecule has 0 spiro atoms. The summed E-state index contributed by atoms with van der Waals surface area (Å²) in [5.74, 6) is 2.49. The molecule has 5 nitrogen and oxygen atoms in total.